The number of Topliss-reactive ketones (excluding diaryl/α,β-unsaturated/α-hetero) is 1. The first-order valence-electron chi connectivity index (χ1n) is 5.73. The Morgan fingerprint density at radius 3 is 2.44 bits per heavy atom. The van der Waals surface area contributed by atoms with Crippen molar-refractivity contribution >= 4 is 17.5 Å². The van der Waals surface area contributed by atoms with Crippen LogP contribution in [0.25, 0.3) is 0 Å². The number of carbonyl (C=O) groups is 1. The molecule has 0 saturated heterocycles. The zero-order valence-corrected chi connectivity index (χ0v) is 11.5. The molecular formula is C14H15NO2S. The molecule has 0 atom stereocenters. The van der Waals surface area contributed by atoms with Crippen LogP contribution in [0.5, 0.6) is 0 Å². The lowest BCUT2D eigenvalue weighted by molar-refractivity contribution is 0.102. The van der Waals surface area contributed by atoms with Crippen molar-refractivity contribution in [2.75, 3.05) is 5.75 Å². The molecule has 4 heteroatoms. The quantitative estimate of drug-likeness (QED) is 0.623. The summed E-state index contributed by atoms with van der Waals surface area (Å²) in [5.41, 5.74) is 2.76. The molecule has 0 fully saturated rings. The molecule has 94 valence electrons. The number of hydrogen-bond donors (Lipinski definition) is 0. The van der Waals surface area contributed by atoms with Gasteiger partial charge in [-0.05, 0) is 20.8 Å². The first kappa shape index (κ1) is 12.9. The van der Waals surface area contributed by atoms with Gasteiger partial charge in [-0.1, -0.05) is 41.6 Å². The summed E-state index contributed by atoms with van der Waals surface area (Å²) in [5.74, 6) is 1.25. The van der Waals surface area contributed by atoms with E-state index in [1.165, 1.54) is 11.8 Å². The second kappa shape index (κ2) is 5.40. The maximum atomic E-state index is 11.9. The fourth-order valence-corrected chi connectivity index (χ4v) is 2.26. The van der Waals surface area contributed by atoms with Crippen molar-refractivity contribution in [3.63, 3.8) is 0 Å². The van der Waals surface area contributed by atoms with Crippen molar-refractivity contribution in [1.82, 2.24) is 4.98 Å². The van der Waals surface area contributed by atoms with Gasteiger partial charge in [0.2, 0.25) is 0 Å². The number of aromatic nitrogens is 1. The van der Waals surface area contributed by atoms with E-state index in [1.54, 1.807) is 0 Å². The van der Waals surface area contributed by atoms with Gasteiger partial charge < -0.3 is 4.42 Å². The second-order valence-electron chi connectivity index (χ2n) is 4.20. The molecule has 0 bridgehead atoms. The average Bonchev–Trinajstić information content (AvgIpc) is 2.67. The smallest absolute Gasteiger partial charge is 0.256 e. The number of aryl methyl sites for hydroxylation is 3. The third-order valence-electron chi connectivity index (χ3n) is 2.71. The van der Waals surface area contributed by atoms with Gasteiger partial charge >= 0.3 is 0 Å². The normalized spacial score (nSPS) is 10.6. The minimum atomic E-state index is 0.0912. The van der Waals surface area contributed by atoms with Crippen LogP contribution in [0.3, 0.4) is 0 Å². The highest BCUT2D eigenvalue weighted by Gasteiger charge is 2.10. The predicted molar refractivity (Wildman–Crippen MR) is 72.2 cm³/mol. The van der Waals surface area contributed by atoms with Gasteiger partial charge in [0.1, 0.15) is 5.76 Å². The zero-order chi connectivity index (χ0) is 13.1. The SMILES string of the molecule is Cc1ccc(C(=O)CSc2nc(C)c(C)o2)cc1. The van der Waals surface area contributed by atoms with Gasteiger partial charge in [-0.3, -0.25) is 4.79 Å². The summed E-state index contributed by atoms with van der Waals surface area (Å²) in [6, 6.07) is 7.59. The highest BCUT2D eigenvalue weighted by atomic mass is 32.2. The van der Waals surface area contributed by atoms with E-state index in [0.29, 0.717) is 11.0 Å². The molecule has 0 spiro atoms. The number of rotatable bonds is 4. The summed E-state index contributed by atoms with van der Waals surface area (Å²) in [5, 5.41) is 0.561. The number of ketones is 1. The second-order valence-corrected chi connectivity index (χ2v) is 5.13. The molecule has 0 aliphatic heterocycles. The summed E-state index contributed by atoms with van der Waals surface area (Å²) in [6.45, 7) is 5.76. The lowest BCUT2D eigenvalue weighted by atomic mass is 10.1. The molecule has 0 radical (unpaired) electrons. The molecule has 0 aliphatic carbocycles. The largest absolute Gasteiger partial charge is 0.437 e. The number of carbonyl (C=O) groups excluding carboxylic acids is 1. The maximum absolute atomic E-state index is 11.9. The van der Waals surface area contributed by atoms with Gasteiger partial charge in [0, 0.05) is 5.56 Å². The number of benzene rings is 1. The Kier molecular flexibility index (Phi) is 3.87. The highest BCUT2D eigenvalue weighted by Crippen LogP contribution is 2.21. The van der Waals surface area contributed by atoms with Crippen molar-refractivity contribution in [2.45, 2.75) is 26.0 Å². The third-order valence-corrected chi connectivity index (χ3v) is 3.54. The highest BCUT2D eigenvalue weighted by molar-refractivity contribution is 7.99. The Labute approximate surface area is 111 Å². The molecule has 1 aromatic heterocycles. The van der Waals surface area contributed by atoms with Crippen LogP contribution in [0.2, 0.25) is 0 Å². The van der Waals surface area contributed by atoms with E-state index in [4.69, 9.17) is 4.42 Å². The van der Waals surface area contributed by atoms with E-state index < -0.39 is 0 Å². The fourth-order valence-electron chi connectivity index (χ4n) is 1.46. The summed E-state index contributed by atoms with van der Waals surface area (Å²) in [6.07, 6.45) is 0. The van der Waals surface area contributed by atoms with E-state index in [-0.39, 0.29) is 5.78 Å². The maximum Gasteiger partial charge on any atom is 0.256 e. The fraction of sp³-hybridized carbons (Fsp3) is 0.286. The number of nitrogens with zero attached hydrogens (tertiary/aromatic N) is 1. The van der Waals surface area contributed by atoms with Gasteiger partial charge in [0.15, 0.2) is 5.78 Å². The van der Waals surface area contributed by atoms with Crippen LogP contribution in [0.4, 0.5) is 0 Å². The molecule has 0 amide bonds. The van der Waals surface area contributed by atoms with Crippen molar-refractivity contribution in [2.24, 2.45) is 0 Å². The van der Waals surface area contributed by atoms with Crippen LogP contribution in [-0.2, 0) is 0 Å². The lowest BCUT2D eigenvalue weighted by Crippen LogP contribution is -2.02. The van der Waals surface area contributed by atoms with E-state index in [0.717, 1.165) is 22.6 Å². The summed E-state index contributed by atoms with van der Waals surface area (Å²) < 4.78 is 5.42. The van der Waals surface area contributed by atoms with Gasteiger partial charge in [-0.25, -0.2) is 4.98 Å². The zero-order valence-electron chi connectivity index (χ0n) is 10.7. The molecule has 0 aliphatic rings. The Bertz CT molecular complexity index is 538. The van der Waals surface area contributed by atoms with Crippen molar-refractivity contribution in [3.8, 4) is 0 Å². The van der Waals surface area contributed by atoms with Gasteiger partial charge in [0.25, 0.3) is 5.22 Å². The summed E-state index contributed by atoms with van der Waals surface area (Å²) in [7, 11) is 0. The minimum Gasteiger partial charge on any atom is -0.437 e. The van der Waals surface area contributed by atoms with Crippen molar-refractivity contribution in [3.05, 3.63) is 46.8 Å². The lowest BCUT2D eigenvalue weighted by Gasteiger charge is -1.99. The van der Waals surface area contributed by atoms with Crippen LogP contribution in [0.15, 0.2) is 33.9 Å². The third kappa shape index (κ3) is 3.01. The standard InChI is InChI=1S/C14H15NO2S/c1-9-4-6-12(7-5-9)13(16)8-18-14-15-10(2)11(3)17-14/h4-7H,8H2,1-3H3. The average molecular weight is 261 g/mol. The van der Waals surface area contributed by atoms with E-state index >= 15 is 0 Å². The molecule has 0 N–H and O–H groups in total. The Hall–Kier alpha value is -1.55. The minimum absolute atomic E-state index is 0.0912. The number of hydrogen-bond acceptors (Lipinski definition) is 4. The van der Waals surface area contributed by atoms with Crippen LogP contribution in [0, 0.1) is 20.8 Å². The first-order chi connectivity index (χ1) is 8.56. The molecule has 0 unspecified atom stereocenters. The van der Waals surface area contributed by atoms with Crippen LogP contribution < -0.4 is 0 Å². The monoisotopic (exact) mass is 261 g/mol. The van der Waals surface area contributed by atoms with Gasteiger partial charge in [0.05, 0.1) is 11.4 Å². The predicted octanol–water partition coefficient (Wildman–Crippen LogP) is 3.57. The molecule has 2 aromatic rings. The van der Waals surface area contributed by atoms with Gasteiger partial charge in [-0.2, -0.15) is 0 Å². The van der Waals surface area contributed by atoms with E-state index in [1.807, 2.05) is 45.0 Å². The Morgan fingerprint density at radius 1 is 1.22 bits per heavy atom. The van der Waals surface area contributed by atoms with E-state index in [9.17, 15) is 4.79 Å². The van der Waals surface area contributed by atoms with Crippen molar-refractivity contribution < 1.29 is 9.21 Å². The first-order valence-corrected chi connectivity index (χ1v) is 6.71. The molecule has 0 saturated carbocycles. The molecule has 3 nitrogen and oxygen atoms in total. The van der Waals surface area contributed by atoms with E-state index in [2.05, 4.69) is 4.98 Å². The number of oxazole rings is 1. The van der Waals surface area contributed by atoms with Crippen LogP contribution in [0.1, 0.15) is 27.4 Å². The summed E-state index contributed by atoms with van der Waals surface area (Å²) in [4.78, 5) is 16.2. The van der Waals surface area contributed by atoms with Crippen molar-refractivity contribution in [1.29, 1.82) is 0 Å². The molecule has 1 heterocycles. The Morgan fingerprint density at radius 2 is 1.89 bits per heavy atom. The molecule has 2 rings (SSSR count). The molecule has 18 heavy (non-hydrogen) atoms. The number of thioether (sulfide) groups is 1. The topological polar surface area (TPSA) is 43.1 Å². The van der Waals surface area contributed by atoms with Gasteiger partial charge in [-0.15, -0.1) is 0 Å². The van der Waals surface area contributed by atoms with Crippen LogP contribution >= 0.6 is 11.8 Å². The molecule has 1 aromatic carbocycles. The van der Waals surface area contributed by atoms with Crippen LogP contribution in [-0.4, -0.2) is 16.5 Å². The molecular weight excluding hydrogens is 246 g/mol. The Balaban J connectivity index is 1.98. The summed E-state index contributed by atoms with van der Waals surface area (Å²) >= 11 is 1.34.